The van der Waals surface area contributed by atoms with Gasteiger partial charge in [-0.2, -0.15) is 0 Å². The third-order valence-corrected chi connectivity index (χ3v) is 4.13. The summed E-state index contributed by atoms with van der Waals surface area (Å²) in [6.07, 6.45) is 0.984. The number of aryl methyl sites for hydroxylation is 2. The van der Waals surface area contributed by atoms with E-state index in [4.69, 9.17) is 4.74 Å². The monoisotopic (exact) mass is 283 g/mol. The molecule has 1 aromatic heterocycles. The number of amides is 1. The van der Waals surface area contributed by atoms with Crippen LogP contribution in [0.3, 0.4) is 0 Å². The lowest BCUT2D eigenvalue weighted by molar-refractivity contribution is 0.0677. The number of rotatable bonds is 7. The van der Waals surface area contributed by atoms with E-state index in [9.17, 15) is 4.79 Å². The second kappa shape index (κ2) is 7.65. The van der Waals surface area contributed by atoms with Gasteiger partial charge in [-0.1, -0.05) is 20.8 Å². The van der Waals surface area contributed by atoms with Crippen LogP contribution in [0.15, 0.2) is 6.07 Å². The summed E-state index contributed by atoms with van der Waals surface area (Å²) in [5.74, 6) is 0.603. The zero-order valence-corrected chi connectivity index (χ0v) is 13.5. The SMILES string of the molecule is CCc1cc(C(=O)N(CCOC)CC(C)C)sc1C. The predicted octanol–water partition coefficient (Wildman–Crippen LogP) is 3.36. The van der Waals surface area contributed by atoms with Gasteiger partial charge in [0.15, 0.2) is 0 Å². The summed E-state index contributed by atoms with van der Waals surface area (Å²) in [6, 6.07) is 2.04. The molecule has 0 aliphatic heterocycles. The van der Waals surface area contributed by atoms with Gasteiger partial charge in [0.2, 0.25) is 0 Å². The van der Waals surface area contributed by atoms with Gasteiger partial charge < -0.3 is 9.64 Å². The topological polar surface area (TPSA) is 29.5 Å². The summed E-state index contributed by atoms with van der Waals surface area (Å²) in [4.78, 5) is 16.6. The lowest BCUT2D eigenvalue weighted by atomic mass is 10.2. The summed E-state index contributed by atoms with van der Waals surface area (Å²) >= 11 is 1.60. The summed E-state index contributed by atoms with van der Waals surface area (Å²) in [5.41, 5.74) is 1.28. The van der Waals surface area contributed by atoms with Gasteiger partial charge in [0.25, 0.3) is 5.91 Å². The van der Waals surface area contributed by atoms with Crippen LogP contribution in [-0.2, 0) is 11.2 Å². The Labute approximate surface area is 120 Å². The highest BCUT2D eigenvalue weighted by molar-refractivity contribution is 7.14. The van der Waals surface area contributed by atoms with E-state index in [0.717, 1.165) is 17.8 Å². The van der Waals surface area contributed by atoms with Gasteiger partial charge in [-0.15, -0.1) is 11.3 Å². The van der Waals surface area contributed by atoms with Gasteiger partial charge in [0.1, 0.15) is 0 Å². The fraction of sp³-hybridized carbons (Fsp3) is 0.667. The van der Waals surface area contributed by atoms with Crippen molar-refractivity contribution in [1.82, 2.24) is 4.90 Å². The Balaban J connectivity index is 2.84. The largest absolute Gasteiger partial charge is 0.383 e. The van der Waals surface area contributed by atoms with Crippen molar-refractivity contribution in [3.05, 3.63) is 21.4 Å². The van der Waals surface area contributed by atoms with Crippen LogP contribution in [0.1, 0.15) is 40.9 Å². The van der Waals surface area contributed by atoms with Crippen LogP contribution in [0.4, 0.5) is 0 Å². The molecule has 4 heteroatoms. The minimum Gasteiger partial charge on any atom is -0.383 e. The molecule has 1 amide bonds. The molecule has 0 aliphatic carbocycles. The Morgan fingerprint density at radius 2 is 2.16 bits per heavy atom. The van der Waals surface area contributed by atoms with Crippen molar-refractivity contribution >= 4 is 17.2 Å². The van der Waals surface area contributed by atoms with E-state index in [1.165, 1.54) is 10.4 Å². The second-order valence-corrected chi connectivity index (χ2v) is 6.44. The molecule has 108 valence electrons. The number of carbonyl (C=O) groups is 1. The first-order valence-electron chi connectivity index (χ1n) is 6.87. The maximum Gasteiger partial charge on any atom is 0.264 e. The van der Waals surface area contributed by atoms with Crippen molar-refractivity contribution in [3.63, 3.8) is 0 Å². The first-order valence-corrected chi connectivity index (χ1v) is 7.68. The van der Waals surface area contributed by atoms with E-state index in [-0.39, 0.29) is 5.91 Å². The smallest absolute Gasteiger partial charge is 0.264 e. The fourth-order valence-electron chi connectivity index (χ4n) is 2.05. The highest BCUT2D eigenvalue weighted by Crippen LogP contribution is 2.23. The molecule has 0 unspecified atom stereocenters. The van der Waals surface area contributed by atoms with E-state index in [1.54, 1.807) is 18.4 Å². The van der Waals surface area contributed by atoms with Gasteiger partial charge in [-0.3, -0.25) is 4.79 Å². The molecule has 0 aliphatic rings. The molecule has 0 bridgehead atoms. The predicted molar refractivity (Wildman–Crippen MR) is 81.1 cm³/mol. The molecule has 19 heavy (non-hydrogen) atoms. The van der Waals surface area contributed by atoms with Crippen LogP contribution < -0.4 is 0 Å². The van der Waals surface area contributed by atoms with E-state index in [1.807, 2.05) is 11.0 Å². The molecule has 0 radical (unpaired) electrons. The summed E-state index contributed by atoms with van der Waals surface area (Å²) < 4.78 is 5.10. The molecule has 0 spiro atoms. The highest BCUT2D eigenvalue weighted by atomic mass is 32.1. The Morgan fingerprint density at radius 3 is 2.63 bits per heavy atom. The molecule has 0 N–H and O–H groups in total. The molecule has 0 saturated heterocycles. The summed E-state index contributed by atoms with van der Waals surface area (Å²) in [6.45, 7) is 10.5. The quantitative estimate of drug-likeness (QED) is 0.768. The Hall–Kier alpha value is -0.870. The van der Waals surface area contributed by atoms with Crippen molar-refractivity contribution in [2.75, 3.05) is 26.8 Å². The standard InChI is InChI=1S/C15H25NO2S/c1-6-13-9-14(19-12(13)4)15(17)16(7-8-18-5)10-11(2)3/h9,11H,6-8,10H2,1-5H3. The average molecular weight is 283 g/mol. The zero-order valence-electron chi connectivity index (χ0n) is 12.7. The van der Waals surface area contributed by atoms with Crippen molar-refractivity contribution in [1.29, 1.82) is 0 Å². The van der Waals surface area contributed by atoms with Gasteiger partial charge in [-0.25, -0.2) is 0 Å². The van der Waals surface area contributed by atoms with Crippen molar-refractivity contribution in [3.8, 4) is 0 Å². The van der Waals surface area contributed by atoms with E-state index in [2.05, 4.69) is 27.7 Å². The fourth-order valence-corrected chi connectivity index (χ4v) is 3.13. The Bertz CT molecular complexity index is 412. The maximum atomic E-state index is 12.5. The number of hydrogen-bond donors (Lipinski definition) is 0. The zero-order chi connectivity index (χ0) is 14.4. The van der Waals surface area contributed by atoms with Gasteiger partial charge in [-0.05, 0) is 30.9 Å². The Kier molecular flexibility index (Phi) is 6.52. The van der Waals surface area contributed by atoms with Crippen LogP contribution in [0.2, 0.25) is 0 Å². The van der Waals surface area contributed by atoms with Crippen molar-refractivity contribution < 1.29 is 9.53 Å². The highest BCUT2D eigenvalue weighted by Gasteiger charge is 2.19. The van der Waals surface area contributed by atoms with Crippen molar-refractivity contribution in [2.24, 2.45) is 5.92 Å². The molecule has 3 nitrogen and oxygen atoms in total. The number of methoxy groups -OCH3 is 1. The number of thiophene rings is 1. The van der Waals surface area contributed by atoms with Crippen LogP contribution in [-0.4, -0.2) is 37.6 Å². The number of hydrogen-bond acceptors (Lipinski definition) is 3. The molecule has 0 fully saturated rings. The second-order valence-electron chi connectivity index (χ2n) is 5.18. The average Bonchev–Trinajstić information content (AvgIpc) is 2.74. The van der Waals surface area contributed by atoms with Crippen LogP contribution in [0.25, 0.3) is 0 Å². The number of ether oxygens (including phenoxy) is 1. The van der Waals surface area contributed by atoms with E-state index >= 15 is 0 Å². The minimum atomic E-state index is 0.138. The molecule has 1 aromatic rings. The molecule has 0 aromatic carbocycles. The minimum absolute atomic E-state index is 0.138. The summed E-state index contributed by atoms with van der Waals surface area (Å²) in [5, 5.41) is 0. The molecule has 0 atom stereocenters. The van der Waals surface area contributed by atoms with Crippen LogP contribution in [0, 0.1) is 12.8 Å². The summed E-state index contributed by atoms with van der Waals surface area (Å²) in [7, 11) is 1.67. The Morgan fingerprint density at radius 1 is 1.47 bits per heavy atom. The van der Waals surface area contributed by atoms with Crippen LogP contribution in [0.5, 0.6) is 0 Å². The number of carbonyl (C=O) groups excluding carboxylic acids is 1. The maximum absolute atomic E-state index is 12.5. The lowest BCUT2D eigenvalue weighted by Crippen LogP contribution is -2.36. The van der Waals surface area contributed by atoms with E-state index in [0.29, 0.717) is 19.1 Å². The normalized spacial score (nSPS) is 11.1. The van der Waals surface area contributed by atoms with Gasteiger partial charge in [0.05, 0.1) is 11.5 Å². The first kappa shape index (κ1) is 16.2. The van der Waals surface area contributed by atoms with Gasteiger partial charge >= 0.3 is 0 Å². The molecular weight excluding hydrogens is 258 g/mol. The van der Waals surface area contributed by atoms with E-state index < -0.39 is 0 Å². The molecule has 0 saturated carbocycles. The van der Waals surface area contributed by atoms with Crippen molar-refractivity contribution in [2.45, 2.75) is 34.1 Å². The number of nitrogens with zero attached hydrogens (tertiary/aromatic N) is 1. The first-order chi connectivity index (χ1) is 8.99. The molecule has 1 heterocycles. The molecule has 1 rings (SSSR count). The molecular formula is C15H25NO2S. The van der Waals surface area contributed by atoms with Gasteiger partial charge in [0, 0.05) is 25.1 Å². The lowest BCUT2D eigenvalue weighted by Gasteiger charge is -2.23. The third kappa shape index (κ3) is 4.62. The third-order valence-electron chi connectivity index (χ3n) is 3.05. The van der Waals surface area contributed by atoms with Crippen LogP contribution >= 0.6 is 11.3 Å².